The molecule has 1 heterocycles. The van der Waals surface area contributed by atoms with Crippen LogP contribution in [0.25, 0.3) is 0 Å². The molecule has 1 rings (SSSR count). The average Bonchev–Trinajstić information content (AvgIpc) is 1.92. The van der Waals surface area contributed by atoms with Crippen LogP contribution in [-0.4, -0.2) is 45.5 Å². The molecular weight excluding hydrogens is 223 g/mol. The van der Waals surface area contributed by atoms with E-state index < -0.39 is 27.7 Å². The van der Waals surface area contributed by atoms with Crippen molar-refractivity contribution in [1.29, 1.82) is 0 Å². The molecule has 4 nitrogen and oxygen atoms in total. The van der Waals surface area contributed by atoms with Crippen LogP contribution < -0.4 is 5.32 Å². The van der Waals surface area contributed by atoms with Gasteiger partial charge < -0.3 is 10.1 Å². The normalized spacial score (nSPS) is 19.4. The Morgan fingerprint density at radius 3 is 2.29 bits per heavy atom. The average molecular weight is 233 g/mol. The smallest absolute Gasteiger partial charge is 0.375 e. The van der Waals surface area contributed by atoms with E-state index in [4.69, 9.17) is 4.74 Å². The van der Waals surface area contributed by atoms with E-state index in [-0.39, 0.29) is 6.10 Å². The lowest BCUT2D eigenvalue weighted by atomic mass is 10.2. The summed E-state index contributed by atoms with van der Waals surface area (Å²) in [6, 6.07) is 0. The van der Waals surface area contributed by atoms with Gasteiger partial charge in [-0.05, 0) is 0 Å². The Labute approximate surface area is 79.3 Å². The molecular formula is C6H10F3NO3S. The molecule has 1 saturated heterocycles. The molecule has 0 spiro atoms. The van der Waals surface area contributed by atoms with Crippen LogP contribution in [0.4, 0.5) is 13.2 Å². The number of hydrogen-bond acceptors (Lipinski definition) is 4. The maximum atomic E-state index is 11.8. The molecule has 14 heavy (non-hydrogen) atoms. The first kappa shape index (κ1) is 11.7. The summed E-state index contributed by atoms with van der Waals surface area (Å²) in [5.74, 6) is -1.01. The van der Waals surface area contributed by atoms with Gasteiger partial charge in [-0.1, -0.05) is 0 Å². The Morgan fingerprint density at radius 1 is 1.36 bits per heavy atom. The van der Waals surface area contributed by atoms with Crippen LogP contribution in [0.3, 0.4) is 0 Å². The Hall–Kier alpha value is -0.340. The molecule has 0 aromatic rings. The summed E-state index contributed by atoms with van der Waals surface area (Å²) in [7, 11) is -5.02. The number of alkyl halides is 3. The van der Waals surface area contributed by atoms with E-state index in [0.29, 0.717) is 13.1 Å². The molecule has 1 N–H and O–H groups in total. The van der Waals surface area contributed by atoms with Crippen LogP contribution in [0.1, 0.15) is 0 Å². The van der Waals surface area contributed by atoms with E-state index in [9.17, 15) is 21.6 Å². The molecule has 1 aliphatic heterocycles. The fourth-order valence-corrected chi connectivity index (χ4v) is 1.37. The number of halogens is 3. The highest BCUT2D eigenvalue weighted by atomic mass is 32.2. The van der Waals surface area contributed by atoms with Crippen molar-refractivity contribution in [2.24, 2.45) is 0 Å². The lowest BCUT2D eigenvalue weighted by molar-refractivity contribution is -0.0448. The molecule has 0 saturated carbocycles. The monoisotopic (exact) mass is 233 g/mol. The largest absolute Gasteiger partial charge is 0.497 e. The van der Waals surface area contributed by atoms with E-state index in [1.807, 2.05) is 0 Å². The first-order valence-electron chi connectivity index (χ1n) is 3.94. The Kier molecular flexibility index (Phi) is 3.38. The topological polar surface area (TPSA) is 55.4 Å². The summed E-state index contributed by atoms with van der Waals surface area (Å²) < 4.78 is 61.3. The highest BCUT2D eigenvalue weighted by Gasteiger charge is 2.45. The van der Waals surface area contributed by atoms with Crippen molar-refractivity contribution < 1.29 is 26.3 Å². The minimum Gasteiger partial charge on any atom is -0.375 e. The van der Waals surface area contributed by atoms with Gasteiger partial charge in [-0.2, -0.15) is 13.2 Å². The van der Waals surface area contributed by atoms with Crippen LogP contribution >= 0.6 is 0 Å². The van der Waals surface area contributed by atoms with Crippen LogP contribution in [0.5, 0.6) is 0 Å². The van der Waals surface area contributed by atoms with Gasteiger partial charge in [0.05, 0.1) is 18.5 Å². The number of ether oxygens (including phenoxy) is 1. The Bertz CT molecular complexity index is 283. The number of nitrogens with one attached hydrogen (secondary N) is 1. The first-order chi connectivity index (χ1) is 6.33. The van der Waals surface area contributed by atoms with Gasteiger partial charge in [0.1, 0.15) is 0 Å². The van der Waals surface area contributed by atoms with Crippen LogP contribution in [-0.2, 0) is 14.6 Å². The number of sulfone groups is 1. The molecule has 0 amide bonds. The molecule has 0 aromatic carbocycles. The second-order valence-electron chi connectivity index (χ2n) is 2.92. The van der Waals surface area contributed by atoms with Gasteiger partial charge in [-0.15, -0.1) is 0 Å². The van der Waals surface area contributed by atoms with Gasteiger partial charge in [0.25, 0.3) is 0 Å². The van der Waals surface area contributed by atoms with E-state index in [0.717, 1.165) is 0 Å². The van der Waals surface area contributed by atoms with E-state index in [1.54, 1.807) is 0 Å². The van der Waals surface area contributed by atoms with Gasteiger partial charge in [0.2, 0.25) is 9.84 Å². The fraction of sp³-hybridized carbons (Fsp3) is 1.00. The molecule has 84 valence electrons. The molecule has 0 unspecified atom stereocenters. The predicted molar refractivity (Wildman–Crippen MR) is 42.5 cm³/mol. The summed E-state index contributed by atoms with van der Waals surface area (Å²) in [6.45, 7) is 0.715. The highest BCUT2D eigenvalue weighted by Crippen LogP contribution is 2.23. The zero-order valence-corrected chi connectivity index (χ0v) is 7.99. The van der Waals surface area contributed by atoms with Crippen LogP contribution in [0.15, 0.2) is 0 Å². The summed E-state index contributed by atoms with van der Waals surface area (Å²) >= 11 is 0. The van der Waals surface area contributed by atoms with Gasteiger partial charge in [-0.3, -0.25) is 0 Å². The third kappa shape index (κ3) is 2.82. The Morgan fingerprint density at radius 2 is 1.93 bits per heavy atom. The van der Waals surface area contributed by atoms with Crippen molar-refractivity contribution in [2.45, 2.75) is 11.6 Å². The van der Waals surface area contributed by atoms with Crippen molar-refractivity contribution >= 4 is 9.84 Å². The minimum atomic E-state index is -5.17. The summed E-state index contributed by atoms with van der Waals surface area (Å²) in [4.78, 5) is 0. The van der Waals surface area contributed by atoms with Crippen molar-refractivity contribution in [3.8, 4) is 0 Å². The van der Waals surface area contributed by atoms with E-state index in [2.05, 4.69) is 5.32 Å². The SMILES string of the molecule is O=S(=O)(CCOC1CNC1)C(F)(F)F. The van der Waals surface area contributed by atoms with Gasteiger partial charge in [0.15, 0.2) is 0 Å². The molecule has 0 aliphatic carbocycles. The molecule has 0 radical (unpaired) electrons. The van der Waals surface area contributed by atoms with Crippen LogP contribution in [0, 0.1) is 0 Å². The van der Waals surface area contributed by atoms with Crippen molar-refractivity contribution in [2.75, 3.05) is 25.4 Å². The van der Waals surface area contributed by atoms with E-state index >= 15 is 0 Å². The molecule has 1 aliphatic rings. The highest BCUT2D eigenvalue weighted by molar-refractivity contribution is 7.92. The second-order valence-corrected chi connectivity index (χ2v) is 5.02. The summed E-state index contributed by atoms with van der Waals surface area (Å²) in [5, 5.41) is 2.84. The first-order valence-corrected chi connectivity index (χ1v) is 5.59. The second kappa shape index (κ2) is 4.03. The number of hydrogen-bond donors (Lipinski definition) is 1. The summed E-state index contributed by atoms with van der Waals surface area (Å²) in [5.41, 5.74) is -5.17. The maximum Gasteiger partial charge on any atom is 0.497 e. The van der Waals surface area contributed by atoms with Gasteiger partial charge in [0, 0.05) is 13.1 Å². The van der Waals surface area contributed by atoms with Gasteiger partial charge in [-0.25, -0.2) is 8.42 Å². The van der Waals surface area contributed by atoms with Gasteiger partial charge >= 0.3 is 5.51 Å². The lowest BCUT2D eigenvalue weighted by Crippen LogP contribution is -2.49. The standard InChI is InChI=1S/C6H10F3NO3S/c7-6(8,9)14(11,12)2-1-13-5-3-10-4-5/h5,10H,1-4H2. The number of rotatable bonds is 4. The molecule has 0 atom stereocenters. The van der Waals surface area contributed by atoms with Crippen molar-refractivity contribution in [3.05, 3.63) is 0 Å². The lowest BCUT2D eigenvalue weighted by Gasteiger charge is -2.27. The predicted octanol–water partition coefficient (Wildman–Crippen LogP) is -0.0906. The molecule has 0 bridgehead atoms. The third-order valence-corrected chi connectivity index (χ3v) is 3.21. The van der Waals surface area contributed by atoms with E-state index in [1.165, 1.54) is 0 Å². The molecule has 1 fully saturated rings. The fourth-order valence-electron chi connectivity index (χ4n) is 0.820. The molecule has 0 aromatic heterocycles. The maximum absolute atomic E-state index is 11.8. The third-order valence-electron chi connectivity index (χ3n) is 1.80. The zero-order valence-electron chi connectivity index (χ0n) is 7.17. The Balaban J connectivity index is 2.29. The van der Waals surface area contributed by atoms with Crippen molar-refractivity contribution in [1.82, 2.24) is 5.32 Å². The van der Waals surface area contributed by atoms with Crippen molar-refractivity contribution in [3.63, 3.8) is 0 Å². The minimum absolute atomic E-state index is 0.154. The quantitative estimate of drug-likeness (QED) is 0.737. The zero-order chi connectivity index (χ0) is 10.8. The molecule has 8 heteroatoms. The van der Waals surface area contributed by atoms with Crippen LogP contribution in [0.2, 0.25) is 0 Å². The summed E-state index contributed by atoms with van der Waals surface area (Å²) in [6.07, 6.45) is -0.154.